The van der Waals surface area contributed by atoms with Crippen molar-refractivity contribution in [1.29, 1.82) is 0 Å². The maximum atomic E-state index is 11.5. The fourth-order valence-electron chi connectivity index (χ4n) is 2.45. The predicted octanol–water partition coefficient (Wildman–Crippen LogP) is 3.23. The van der Waals surface area contributed by atoms with Gasteiger partial charge in [0.1, 0.15) is 4.88 Å². The van der Waals surface area contributed by atoms with Crippen LogP contribution >= 0.6 is 11.3 Å². The Hall–Kier alpha value is -1.10. The Morgan fingerprint density at radius 2 is 2.17 bits per heavy atom. The van der Waals surface area contributed by atoms with E-state index < -0.39 is 0 Å². The molecule has 0 aliphatic heterocycles. The Morgan fingerprint density at radius 1 is 1.50 bits per heavy atom. The number of carbonyl (C=O) groups excluding carboxylic acids is 1. The number of carbonyl (C=O) groups is 1. The van der Waals surface area contributed by atoms with E-state index in [1.165, 1.54) is 44.1 Å². The van der Waals surface area contributed by atoms with Crippen LogP contribution in [0.25, 0.3) is 0 Å². The molecule has 4 nitrogen and oxygen atoms in total. The molecule has 5 heteroatoms. The molecule has 2 rings (SSSR count). The normalized spacial score (nSPS) is 17.7. The number of aryl methyl sites for hydroxylation is 1. The van der Waals surface area contributed by atoms with Gasteiger partial charge in [0.05, 0.1) is 12.8 Å². The molecule has 1 N–H and O–H groups in total. The summed E-state index contributed by atoms with van der Waals surface area (Å²) in [6.07, 6.45) is 5.19. The molecule has 1 saturated carbocycles. The minimum Gasteiger partial charge on any atom is -0.465 e. The third-order valence-electron chi connectivity index (χ3n) is 3.64. The van der Waals surface area contributed by atoms with Crippen LogP contribution in [-0.2, 0) is 4.74 Å². The van der Waals surface area contributed by atoms with E-state index in [4.69, 9.17) is 4.74 Å². The van der Waals surface area contributed by atoms with Gasteiger partial charge in [0.2, 0.25) is 0 Å². The van der Waals surface area contributed by atoms with Crippen molar-refractivity contribution in [2.45, 2.75) is 39.5 Å². The van der Waals surface area contributed by atoms with E-state index in [-0.39, 0.29) is 5.97 Å². The Kier molecular flexibility index (Phi) is 3.90. The van der Waals surface area contributed by atoms with Crippen molar-refractivity contribution in [2.75, 3.05) is 19.0 Å². The van der Waals surface area contributed by atoms with Crippen LogP contribution < -0.4 is 5.32 Å². The number of esters is 1. The fraction of sp³-hybridized carbons (Fsp3) is 0.692. The van der Waals surface area contributed by atoms with Gasteiger partial charge in [-0.05, 0) is 25.2 Å². The molecule has 1 heterocycles. The molecule has 0 amide bonds. The molecule has 0 aromatic carbocycles. The van der Waals surface area contributed by atoms with E-state index in [0.717, 1.165) is 17.4 Å². The van der Waals surface area contributed by atoms with Crippen LogP contribution in [0.2, 0.25) is 0 Å². The number of ether oxygens (including phenoxy) is 1. The predicted molar refractivity (Wildman–Crippen MR) is 73.3 cm³/mol. The van der Waals surface area contributed by atoms with Crippen LogP contribution in [-0.4, -0.2) is 24.6 Å². The molecule has 0 saturated heterocycles. The third kappa shape index (κ3) is 2.83. The van der Waals surface area contributed by atoms with Gasteiger partial charge in [-0.1, -0.05) is 31.1 Å². The highest BCUT2D eigenvalue weighted by atomic mass is 32.1. The topological polar surface area (TPSA) is 51.2 Å². The molecule has 0 bridgehead atoms. The van der Waals surface area contributed by atoms with E-state index in [0.29, 0.717) is 10.3 Å². The van der Waals surface area contributed by atoms with Gasteiger partial charge in [-0.3, -0.25) is 0 Å². The Morgan fingerprint density at radius 3 is 2.78 bits per heavy atom. The first-order valence-electron chi connectivity index (χ1n) is 6.34. The van der Waals surface area contributed by atoms with Gasteiger partial charge in [0.25, 0.3) is 0 Å². The molecule has 1 aromatic heterocycles. The molecular formula is C13H20N2O2S. The summed E-state index contributed by atoms with van der Waals surface area (Å²) in [4.78, 5) is 16.5. The maximum Gasteiger partial charge on any atom is 0.350 e. The van der Waals surface area contributed by atoms with Crippen LogP contribution in [0.4, 0.5) is 5.13 Å². The van der Waals surface area contributed by atoms with Gasteiger partial charge >= 0.3 is 5.97 Å². The van der Waals surface area contributed by atoms with Gasteiger partial charge in [-0.25, -0.2) is 9.78 Å². The molecule has 0 spiro atoms. The summed E-state index contributed by atoms with van der Waals surface area (Å²) in [5, 5.41) is 4.19. The zero-order chi connectivity index (χ0) is 13.2. The van der Waals surface area contributed by atoms with Crippen molar-refractivity contribution < 1.29 is 9.53 Å². The standard InChI is InChI=1S/C13H20N2O2S/c1-9-10(11(16)17-3)18-12(15-9)14-8-13(2)6-4-5-7-13/h4-8H2,1-3H3,(H,14,15). The number of thiazole rings is 1. The van der Waals surface area contributed by atoms with Gasteiger partial charge in [0.15, 0.2) is 5.13 Å². The summed E-state index contributed by atoms with van der Waals surface area (Å²) >= 11 is 1.38. The molecule has 0 unspecified atom stereocenters. The van der Waals surface area contributed by atoms with Gasteiger partial charge < -0.3 is 10.1 Å². The summed E-state index contributed by atoms with van der Waals surface area (Å²) in [5.74, 6) is -0.301. The largest absolute Gasteiger partial charge is 0.465 e. The molecule has 1 aliphatic rings. The Bertz CT molecular complexity index is 436. The number of nitrogens with zero attached hydrogens (tertiary/aromatic N) is 1. The van der Waals surface area contributed by atoms with Crippen LogP contribution in [0.1, 0.15) is 48.0 Å². The van der Waals surface area contributed by atoms with Crippen LogP contribution in [0.15, 0.2) is 0 Å². The monoisotopic (exact) mass is 268 g/mol. The summed E-state index contributed by atoms with van der Waals surface area (Å²) in [7, 11) is 1.40. The molecule has 1 aromatic rings. The average molecular weight is 268 g/mol. The van der Waals surface area contributed by atoms with Crippen molar-refractivity contribution in [1.82, 2.24) is 4.98 Å². The SMILES string of the molecule is COC(=O)c1sc(NCC2(C)CCCC2)nc1C. The number of hydrogen-bond donors (Lipinski definition) is 1. The van der Waals surface area contributed by atoms with Crippen molar-refractivity contribution >= 4 is 22.4 Å². The van der Waals surface area contributed by atoms with Crippen molar-refractivity contribution in [3.8, 4) is 0 Å². The smallest absolute Gasteiger partial charge is 0.350 e. The first-order chi connectivity index (χ1) is 8.54. The highest BCUT2D eigenvalue weighted by molar-refractivity contribution is 7.17. The van der Waals surface area contributed by atoms with E-state index >= 15 is 0 Å². The molecule has 18 heavy (non-hydrogen) atoms. The van der Waals surface area contributed by atoms with E-state index in [1.54, 1.807) is 0 Å². The zero-order valence-electron chi connectivity index (χ0n) is 11.2. The second kappa shape index (κ2) is 5.26. The molecular weight excluding hydrogens is 248 g/mol. The lowest BCUT2D eigenvalue weighted by atomic mass is 9.89. The second-order valence-electron chi connectivity index (χ2n) is 5.30. The van der Waals surface area contributed by atoms with Crippen molar-refractivity contribution in [3.63, 3.8) is 0 Å². The van der Waals surface area contributed by atoms with Gasteiger partial charge in [-0.2, -0.15) is 0 Å². The lowest BCUT2D eigenvalue weighted by Crippen LogP contribution is -2.22. The molecule has 0 radical (unpaired) electrons. The Labute approximate surface area is 112 Å². The van der Waals surface area contributed by atoms with E-state index in [2.05, 4.69) is 17.2 Å². The molecule has 100 valence electrons. The molecule has 0 atom stereocenters. The third-order valence-corrected chi connectivity index (χ3v) is 4.74. The number of aromatic nitrogens is 1. The lowest BCUT2D eigenvalue weighted by molar-refractivity contribution is 0.0605. The second-order valence-corrected chi connectivity index (χ2v) is 6.30. The van der Waals surface area contributed by atoms with Crippen LogP contribution in [0.5, 0.6) is 0 Å². The van der Waals surface area contributed by atoms with E-state index in [9.17, 15) is 4.79 Å². The Balaban J connectivity index is 2.00. The molecule has 1 aliphatic carbocycles. The number of rotatable bonds is 4. The van der Waals surface area contributed by atoms with Crippen molar-refractivity contribution in [2.24, 2.45) is 5.41 Å². The lowest BCUT2D eigenvalue weighted by Gasteiger charge is -2.23. The summed E-state index contributed by atoms with van der Waals surface area (Å²) in [5.41, 5.74) is 1.12. The van der Waals surface area contributed by atoms with Crippen molar-refractivity contribution in [3.05, 3.63) is 10.6 Å². The van der Waals surface area contributed by atoms with Gasteiger partial charge in [0, 0.05) is 6.54 Å². The van der Waals surface area contributed by atoms with E-state index in [1.807, 2.05) is 6.92 Å². The number of hydrogen-bond acceptors (Lipinski definition) is 5. The number of nitrogens with one attached hydrogen (secondary N) is 1. The quantitative estimate of drug-likeness (QED) is 0.852. The first-order valence-corrected chi connectivity index (χ1v) is 7.15. The average Bonchev–Trinajstić information content (AvgIpc) is 2.93. The minimum absolute atomic E-state index is 0.301. The fourth-order valence-corrected chi connectivity index (χ4v) is 3.33. The summed E-state index contributed by atoms with van der Waals surface area (Å²) in [6.45, 7) is 5.08. The summed E-state index contributed by atoms with van der Waals surface area (Å²) in [6, 6.07) is 0. The first kappa shape index (κ1) is 13.3. The maximum absolute atomic E-state index is 11.5. The summed E-state index contributed by atoms with van der Waals surface area (Å²) < 4.78 is 4.73. The van der Waals surface area contributed by atoms with Crippen LogP contribution in [0.3, 0.4) is 0 Å². The highest BCUT2D eigenvalue weighted by Crippen LogP contribution is 2.37. The van der Waals surface area contributed by atoms with Gasteiger partial charge in [-0.15, -0.1) is 0 Å². The number of anilines is 1. The highest BCUT2D eigenvalue weighted by Gasteiger charge is 2.28. The molecule has 1 fully saturated rings. The number of methoxy groups -OCH3 is 1. The zero-order valence-corrected chi connectivity index (χ0v) is 12.0. The van der Waals surface area contributed by atoms with Crippen LogP contribution in [0, 0.1) is 12.3 Å². The minimum atomic E-state index is -0.301.